The first kappa shape index (κ1) is 12.6. The average molecular weight is 261 g/mol. The van der Waals surface area contributed by atoms with Gasteiger partial charge in [0, 0.05) is 22.5 Å². The van der Waals surface area contributed by atoms with Crippen LogP contribution >= 0.6 is 11.3 Å². The van der Waals surface area contributed by atoms with Crippen molar-refractivity contribution < 1.29 is 9.90 Å². The molecule has 0 spiro atoms. The van der Waals surface area contributed by atoms with Gasteiger partial charge >= 0.3 is 5.97 Å². The number of carboxylic acid groups (broad SMARTS) is 1. The Kier molecular flexibility index (Phi) is 3.99. The topological polar surface area (TPSA) is 49.3 Å². The van der Waals surface area contributed by atoms with Crippen LogP contribution in [0, 0.1) is 0 Å². The molecule has 1 heterocycles. The monoisotopic (exact) mass is 261 g/mol. The quantitative estimate of drug-likeness (QED) is 0.864. The van der Waals surface area contributed by atoms with Crippen LogP contribution in [0.2, 0.25) is 0 Å². The first-order chi connectivity index (χ1) is 8.70. The van der Waals surface area contributed by atoms with Crippen molar-refractivity contribution in [3.63, 3.8) is 0 Å². The summed E-state index contributed by atoms with van der Waals surface area (Å²) < 4.78 is 0. The fraction of sp³-hybridized carbons (Fsp3) is 0.214. The molecule has 0 unspecified atom stereocenters. The third-order valence-corrected chi connectivity index (χ3v) is 3.69. The highest BCUT2D eigenvalue weighted by molar-refractivity contribution is 7.10. The number of aryl methyl sites for hydroxylation is 1. The highest BCUT2D eigenvalue weighted by atomic mass is 32.1. The molecule has 0 aliphatic carbocycles. The van der Waals surface area contributed by atoms with Gasteiger partial charge in [0.2, 0.25) is 0 Å². The number of benzene rings is 1. The van der Waals surface area contributed by atoms with Gasteiger partial charge in [-0.05, 0) is 24.1 Å². The molecule has 0 atom stereocenters. The van der Waals surface area contributed by atoms with Crippen LogP contribution in [0.3, 0.4) is 0 Å². The average Bonchev–Trinajstić information content (AvgIpc) is 2.85. The molecule has 2 rings (SSSR count). The van der Waals surface area contributed by atoms with Gasteiger partial charge in [0.05, 0.1) is 5.56 Å². The second-order valence-electron chi connectivity index (χ2n) is 3.97. The Morgan fingerprint density at radius 1 is 1.39 bits per heavy atom. The molecule has 1 aromatic carbocycles. The molecule has 0 fully saturated rings. The van der Waals surface area contributed by atoms with E-state index < -0.39 is 5.97 Å². The zero-order valence-corrected chi connectivity index (χ0v) is 11.0. The summed E-state index contributed by atoms with van der Waals surface area (Å²) in [6, 6.07) is 9.88. The van der Waals surface area contributed by atoms with Crippen LogP contribution < -0.4 is 5.32 Å². The highest BCUT2D eigenvalue weighted by Gasteiger charge is 2.06. The summed E-state index contributed by atoms with van der Waals surface area (Å²) in [5, 5.41) is 13.9. The fourth-order valence-electron chi connectivity index (χ4n) is 1.77. The van der Waals surface area contributed by atoms with E-state index in [0.29, 0.717) is 12.1 Å². The van der Waals surface area contributed by atoms with E-state index in [9.17, 15) is 4.79 Å². The van der Waals surface area contributed by atoms with E-state index in [1.165, 1.54) is 16.9 Å². The minimum Gasteiger partial charge on any atom is -0.478 e. The molecule has 0 aliphatic rings. The van der Waals surface area contributed by atoms with Crippen LogP contribution in [0.15, 0.2) is 35.7 Å². The van der Waals surface area contributed by atoms with Gasteiger partial charge in [-0.2, -0.15) is 0 Å². The largest absolute Gasteiger partial charge is 0.478 e. The maximum absolute atomic E-state index is 10.8. The zero-order valence-electron chi connectivity index (χ0n) is 10.1. The standard InChI is InChI=1S/C14H15NO2S/c1-2-10-5-3-4-6-13(10)15-8-12-7-11(9-18-12)14(16)17/h3-7,9,15H,2,8H2,1H3,(H,16,17). The zero-order chi connectivity index (χ0) is 13.0. The molecule has 4 heteroatoms. The van der Waals surface area contributed by atoms with E-state index in [1.54, 1.807) is 11.4 Å². The van der Waals surface area contributed by atoms with E-state index in [-0.39, 0.29) is 0 Å². The van der Waals surface area contributed by atoms with Crippen molar-refractivity contribution in [2.75, 3.05) is 5.32 Å². The predicted molar refractivity (Wildman–Crippen MR) is 74.4 cm³/mol. The molecule has 0 amide bonds. The van der Waals surface area contributed by atoms with E-state index >= 15 is 0 Å². The van der Waals surface area contributed by atoms with Gasteiger partial charge in [-0.25, -0.2) is 4.79 Å². The van der Waals surface area contributed by atoms with Gasteiger partial charge in [0.1, 0.15) is 0 Å². The lowest BCUT2D eigenvalue weighted by molar-refractivity contribution is 0.0697. The molecule has 2 N–H and O–H groups in total. The van der Waals surface area contributed by atoms with Crippen LogP contribution in [-0.2, 0) is 13.0 Å². The van der Waals surface area contributed by atoms with Gasteiger partial charge in [-0.3, -0.25) is 0 Å². The SMILES string of the molecule is CCc1ccccc1NCc1cc(C(=O)O)cs1. The number of carbonyl (C=O) groups is 1. The Bertz CT molecular complexity index is 548. The predicted octanol–water partition coefficient (Wildman–Crippen LogP) is 3.62. The third-order valence-electron chi connectivity index (χ3n) is 2.75. The second kappa shape index (κ2) is 5.69. The van der Waals surface area contributed by atoms with Gasteiger partial charge in [0.15, 0.2) is 0 Å². The maximum Gasteiger partial charge on any atom is 0.336 e. The summed E-state index contributed by atoms with van der Waals surface area (Å²) >= 11 is 1.47. The van der Waals surface area contributed by atoms with Crippen molar-refractivity contribution in [3.05, 3.63) is 51.7 Å². The first-order valence-corrected chi connectivity index (χ1v) is 6.71. The number of hydrogen-bond donors (Lipinski definition) is 2. The van der Waals surface area contributed by atoms with Crippen LogP contribution in [0.1, 0.15) is 27.7 Å². The van der Waals surface area contributed by atoms with E-state index in [2.05, 4.69) is 18.3 Å². The Morgan fingerprint density at radius 3 is 2.83 bits per heavy atom. The molecule has 0 aliphatic heterocycles. The summed E-state index contributed by atoms with van der Waals surface area (Å²) in [5.41, 5.74) is 2.75. The smallest absolute Gasteiger partial charge is 0.336 e. The van der Waals surface area contributed by atoms with Gasteiger partial charge in [-0.15, -0.1) is 11.3 Å². The van der Waals surface area contributed by atoms with Crippen LogP contribution in [-0.4, -0.2) is 11.1 Å². The number of nitrogens with one attached hydrogen (secondary N) is 1. The Hall–Kier alpha value is -1.81. The molecule has 94 valence electrons. The molecule has 0 radical (unpaired) electrons. The van der Waals surface area contributed by atoms with Crippen molar-refractivity contribution >= 4 is 23.0 Å². The Labute approximate surface area is 110 Å². The Morgan fingerprint density at radius 2 is 2.17 bits per heavy atom. The maximum atomic E-state index is 10.8. The normalized spacial score (nSPS) is 10.3. The molecular formula is C14H15NO2S. The number of aromatic carboxylic acids is 1. The van der Waals surface area contributed by atoms with Crippen LogP contribution in [0.5, 0.6) is 0 Å². The molecule has 2 aromatic rings. The summed E-state index contributed by atoms with van der Waals surface area (Å²) in [5.74, 6) is -0.869. The molecular weight excluding hydrogens is 246 g/mol. The first-order valence-electron chi connectivity index (χ1n) is 5.83. The Balaban J connectivity index is 2.04. The van der Waals surface area contributed by atoms with E-state index in [1.807, 2.05) is 18.2 Å². The number of hydrogen-bond acceptors (Lipinski definition) is 3. The third kappa shape index (κ3) is 2.90. The molecule has 0 saturated carbocycles. The summed E-state index contributed by atoms with van der Waals surface area (Å²) in [6.45, 7) is 2.78. The highest BCUT2D eigenvalue weighted by Crippen LogP contribution is 2.19. The van der Waals surface area contributed by atoms with Gasteiger partial charge in [-0.1, -0.05) is 25.1 Å². The van der Waals surface area contributed by atoms with Crippen molar-refractivity contribution in [2.24, 2.45) is 0 Å². The molecule has 18 heavy (non-hydrogen) atoms. The molecule has 3 nitrogen and oxygen atoms in total. The fourth-order valence-corrected chi connectivity index (χ4v) is 2.57. The van der Waals surface area contributed by atoms with Crippen LogP contribution in [0.25, 0.3) is 0 Å². The molecule has 0 bridgehead atoms. The van der Waals surface area contributed by atoms with Crippen molar-refractivity contribution in [1.29, 1.82) is 0 Å². The van der Waals surface area contributed by atoms with Crippen molar-refractivity contribution in [2.45, 2.75) is 19.9 Å². The van der Waals surface area contributed by atoms with Crippen LogP contribution in [0.4, 0.5) is 5.69 Å². The lowest BCUT2D eigenvalue weighted by atomic mass is 10.1. The molecule has 1 aromatic heterocycles. The van der Waals surface area contributed by atoms with E-state index in [0.717, 1.165) is 17.0 Å². The second-order valence-corrected chi connectivity index (χ2v) is 4.97. The van der Waals surface area contributed by atoms with Crippen molar-refractivity contribution in [1.82, 2.24) is 0 Å². The van der Waals surface area contributed by atoms with Gasteiger partial charge in [0.25, 0.3) is 0 Å². The number of anilines is 1. The van der Waals surface area contributed by atoms with Gasteiger partial charge < -0.3 is 10.4 Å². The molecule has 0 saturated heterocycles. The number of thiophene rings is 1. The van der Waals surface area contributed by atoms with Crippen molar-refractivity contribution in [3.8, 4) is 0 Å². The number of rotatable bonds is 5. The number of para-hydroxylation sites is 1. The minimum absolute atomic E-state index is 0.362. The summed E-state index contributed by atoms with van der Waals surface area (Å²) in [7, 11) is 0. The summed E-state index contributed by atoms with van der Waals surface area (Å²) in [6.07, 6.45) is 0.980. The van der Waals surface area contributed by atoms with E-state index in [4.69, 9.17) is 5.11 Å². The summed E-state index contributed by atoms with van der Waals surface area (Å²) in [4.78, 5) is 11.8. The lowest BCUT2D eigenvalue weighted by Crippen LogP contribution is -2.00. The lowest BCUT2D eigenvalue weighted by Gasteiger charge is -2.09. The number of carboxylic acids is 1. The minimum atomic E-state index is -0.869.